The SMILES string of the molecule is COc1cc(/C=C(\C#N)C(=O)Nc2cccc(C)c2C)c(Br)cc1OCc1cccc(C)c1. The number of ether oxygens (including phenoxy) is 2. The van der Waals surface area contributed by atoms with Crippen molar-refractivity contribution in [2.75, 3.05) is 12.4 Å². The van der Waals surface area contributed by atoms with Gasteiger partial charge >= 0.3 is 0 Å². The van der Waals surface area contributed by atoms with Gasteiger partial charge in [-0.05, 0) is 67.3 Å². The monoisotopic (exact) mass is 504 g/mol. The van der Waals surface area contributed by atoms with Crippen molar-refractivity contribution >= 4 is 33.6 Å². The second-order valence-corrected chi connectivity index (χ2v) is 8.53. The number of hydrogen-bond acceptors (Lipinski definition) is 4. The van der Waals surface area contributed by atoms with Crippen LogP contribution in [0.15, 0.2) is 64.6 Å². The molecular weight excluding hydrogens is 480 g/mol. The highest BCUT2D eigenvalue weighted by molar-refractivity contribution is 9.10. The van der Waals surface area contributed by atoms with Crippen molar-refractivity contribution in [3.63, 3.8) is 0 Å². The molecule has 3 aromatic rings. The molecule has 0 aliphatic carbocycles. The Labute approximate surface area is 202 Å². The van der Waals surface area contributed by atoms with Gasteiger partial charge in [0.1, 0.15) is 18.2 Å². The number of halogens is 1. The molecule has 0 saturated heterocycles. The quantitative estimate of drug-likeness (QED) is 0.294. The summed E-state index contributed by atoms with van der Waals surface area (Å²) < 4.78 is 12.1. The molecule has 33 heavy (non-hydrogen) atoms. The lowest BCUT2D eigenvalue weighted by Gasteiger charge is -2.14. The van der Waals surface area contributed by atoms with E-state index in [9.17, 15) is 10.1 Å². The summed E-state index contributed by atoms with van der Waals surface area (Å²) in [5, 5.41) is 12.4. The van der Waals surface area contributed by atoms with Crippen LogP contribution in [0.1, 0.15) is 27.8 Å². The summed E-state index contributed by atoms with van der Waals surface area (Å²) in [4.78, 5) is 12.8. The van der Waals surface area contributed by atoms with E-state index in [1.807, 2.05) is 63.2 Å². The van der Waals surface area contributed by atoms with E-state index < -0.39 is 5.91 Å². The normalized spacial score (nSPS) is 11.0. The maximum atomic E-state index is 12.8. The fourth-order valence-corrected chi connectivity index (χ4v) is 3.71. The Kier molecular flexibility index (Phi) is 7.92. The Bertz CT molecular complexity index is 1260. The van der Waals surface area contributed by atoms with Gasteiger partial charge in [0.05, 0.1) is 7.11 Å². The minimum absolute atomic E-state index is 0.0212. The van der Waals surface area contributed by atoms with Gasteiger partial charge in [-0.25, -0.2) is 0 Å². The van der Waals surface area contributed by atoms with Gasteiger partial charge in [0.25, 0.3) is 5.91 Å². The highest BCUT2D eigenvalue weighted by atomic mass is 79.9. The Morgan fingerprint density at radius 3 is 2.55 bits per heavy atom. The van der Waals surface area contributed by atoms with E-state index in [1.165, 1.54) is 6.08 Å². The van der Waals surface area contributed by atoms with E-state index in [-0.39, 0.29) is 5.57 Å². The summed E-state index contributed by atoms with van der Waals surface area (Å²) in [5.74, 6) is 0.586. The standard InChI is InChI=1S/C27H25BrN2O3/c1-17-7-5-9-20(11-17)16-33-26-14-23(28)21(13-25(26)32-4)12-22(15-29)27(31)30-24-10-6-8-18(2)19(24)3/h5-14H,16H2,1-4H3,(H,30,31)/b22-12+. The van der Waals surface area contributed by atoms with Crippen LogP contribution in [0.5, 0.6) is 11.5 Å². The zero-order valence-corrected chi connectivity index (χ0v) is 20.6. The maximum Gasteiger partial charge on any atom is 0.266 e. The van der Waals surface area contributed by atoms with Gasteiger partial charge in [-0.1, -0.05) is 57.9 Å². The zero-order chi connectivity index (χ0) is 24.0. The van der Waals surface area contributed by atoms with E-state index in [1.54, 1.807) is 19.2 Å². The molecule has 0 radical (unpaired) electrons. The number of nitrogens with zero attached hydrogens (tertiary/aromatic N) is 1. The van der Waals surface area contributed by atoms with E-state index in [0.29, 0.717) is 33.8 Å². The van der Waals surface area contributed by atoms with E-state index in [4.69, 9.17) is 9.47 Å². The summed E-state index contributed by atoms with van der Waals surface area (Å²) in [6.07, 6.45) is 1.53. The largest absolute Gasteiger partial charge is 0.493 e. The number of carbonyl (C=O) groups is 1. The lowest BCUT2D eigenvalue weighted by Crippen LogP contribution is -2.14. The Morgan fingerprint density at radius 2 is 1.85 bits per heavy atom. The summed E-state index contributed by atoms with van der Waals surface area (Å²) in [6.45, 7) is 6.32. The number of rotatable bonds is 7. The smallest absolute Gasteiger partial charge is 0.266 e. The molecule has 0 spiro atoms. The van der Waals surface area contributed by atoms with Crippen molar-refractivity contribution in [2.24, 2.45) is 0 Å². The summed E-state index contributed by atoms with van der Waals surface area (Å²) in [7, 11) is 1.55. The molecule has 0 atom stereocenters. The second-order valence-electron chi connectivity index (χ2n) is 7.67. The fraction of sp³-hybridized carbons (Fsp3) is 0.185. The first-order valence-electron chi connectivity index (χ1n) is 10.4. The van der Waals surface area contributed by atoms with Crippen molar-refractivity contribution < 1.29 is 14.3 Å². The number of carbonyl (C=O) groups excluding carboxylic acids is 1. The van der Waals surface area contributed by atoms with Crippen molar-refractivity contribution in [1.29, 1.82) is 5.26 Å². The Morgan fingerprint density at radius 1 is 1.09 bits per heavy atom. The molecule has 1 amide bonds. The molecule has 0 bridgehead atoms. The van der Waals surface area contributed by atoms with Crippen molar-refractivity contribution in [3.05, 3.63) is 92.5 Å². The van der Waals surface area contributed by atoms with E-state index >= 15 is 0 Å². The predicted octanol–water partition coefficient (Wildman–Crippen LogP) is 6.51. The number of methoxy groups -OCH3 is 1. The highest BCUT2D eigenvalue weighted by Gasteiger charge is 2.15. The molecule has 0 unspecified atom stereocenters. The number of hydrogen-bond donors (Lipinski definition) is 1. The zero-order valence-electron chi connectivity index (χ0n) is 19.0. The molecule has 0 aliphatic heterocycles. The molecule has 6 heteroatoms. The first-order chi connectivity index (χ1) is 15.8. The fourth-order valence-electron chi connectivity index (χ4n) is 3.28. The Hall–Kier alpha value is -3.56. The van der Waals surface area contributed by atoms with Gasteiger partial charge in [-0.2, -0.15) is 5.26 Å². The molecule has 0 heterocycles. The molecule has 3 aromatic carbocycles. The average Bonchev–Trinajstić information content (AvgIpc) is 2.80. The summed E-state index contributed by atoms with van der Waals surface area (Å²) in [6, 6.07) is 19.2. The average molecular weight is 505 g/mol. The molecule has 0 saturated carbocycles. The lowest BCUT2D eigenvalue weighted by molar-refractivity contribution is -0.112. The molecule has 1 N–H and O–H groups in total. The molecule has 0 fully saturated rings. The Balaban J connectivity index is 1.84. The van der Waals surface area contributed by atoms with Crippen LogP contribution < -0.4 is 14.8 Å². The van der Waals surface area contributed by atoms with Crippen molar-refractivity contribution in [1.82, 2.24) is 0 Å². The molecule has 5 nitrogen and oxygen atoms in total. The number of benzene rings is 3. The predicted molar refractivity (Wildman–Crippen MR) is 134 cm³/mol. The molecule has 0 aliphatic rings. The summed E-state index contributed by atoms with van der Waals surface area (Å²) >= 11 is 3.52. The third-order valence-electron chi connectivity index (χ3n) is 5.28. The van der Waals surface area contributed by atoms with Gasteiger partial charge in [-0.3, -0.25) is 4.79 Å². The number of nitrogens with one attached hydrogen (secondary N) is 1. The van der Waals surface area contributed by atoms with Crippen LogP contribution in [0.25, 0.3) is 6.08 Å². The van der Waals surface area contributed by atoms with Crippen LogP contribution in [0, 0.1) is 32.1 Å². The summed E-state index contributed by atoms with van der Waals surface area (Å²) in [5.41, 5.74) is 5.51. The molecular formula is C27H25BrN2O3. The van der Waals surface area contributed by atoms with Crippen LogP contribution in [0.3, 0.4) is 0 Å². The molecule has 0 aromatic heterocycles. The lowest BCUT2D eigenvalue weighted by atomic mass is 10.1. The maximum absolute atomic E-state index is 12.8. The first kappa shape index (κ1) is 24.1. The third-order valence-corrected chi connectivity index (χ3v) is 5.96. The van der Waals surface area contributed by atoms with Crippen molar-refractivity contribution in [2.45, 2.75) is 27.4 Å². The third kappa shape index (κ3) is 6.03. The van der Waals surface area contributed by atoms with Crippen LogP contribution in [-0.2, 0) is 11.4 Å². The van der Waals surface area contributed by atoms with Gasteiger partial charge in [0.2, 0.25) is 0 Å². The number of anilines is 1. The van der Waals surface area contributed by atoms with Crippen molar-refractivity contribution in [3.8, 4) is 17.6 Å². The van der Waals surface area contributed by atoms with Crippen LogP contribution in [0.2, 0.25) is 0 Å². The van der Waals surface area contributed by atoms with Gasteiger partial charge in [0.15, 0.2) is 11.5 Å². The van der Waals surface area contributed by atoms with E-state index in [0.717, 1.165) is 22.3 Å². The second kappa shape index (κ2) is 10.8. The van der Waals surface area contributed by atoms with Gasteiger partial charge in [0, 0.05) is 10.2 Å². The topological polar surface area (TPSA) is 71.3 Å². The van der Waals surface area contributed by atoms with E-state index in [2.05, 4.69) is 27.3 Å². The highest BCUT2D eigenvalue weighted by Crippen LogP contribution is 2.35. The molecule has 3 rings (SSSR count). The minimum Gasteiger partial charge on any atom is -0.493 e. The van der Waals surface area contributed by atoms with Gasteiger partial charge < -0.3 is 14.8 Å². The molecule has 168 valence electrons. The van der Waals surface area contributed by atoms with Crippen LogP contribution in [-0.4, -0.2) is 13.0 Å². The van der Waals surface area contributed by atoms with Gasteiger partial charge in [-0.15, -0.1) is 0 Å². The number of aryl methyl sites for hydroxylation is 2. The minimum atomic E-state index is -0.475. The van der Waals surface area contributed by atoms with Crippen LogP contribution in [0.4, 0.5) is 5.69 Å². The van der Waals surface area contributed by atoms with Crippen LogP contribution >= 0.6 is 15.9 Å². The first-order valence-corrected chi connectivity index (χ1v) is 11.2. The number of amides is 1. The number of nitriles is 1.